The number of aromatic amines is 1. The molecule has 6 nitrogen and oxygen atoms in total. The molecule has 21 heavy (non-hydrogen) atoms. The molecule has 0 amide bonds. The van der Waals surface area contributed by atoms with E-state index in [1.165, 1.54) is 13.0 Å². The van der Waals surface area contributed by atoms with Gasteiger partial charge in [-0.1, -0.05) is 0 Å². The zero-order valence-electron chi connectivity index (χ0n) is 11.3. The Morgan fingerprint density at radius 2 is 1.95 bits per heavy atom. The number of rotatable bonds is 4. The number of halogens is 1. The zero-order valence-corrected chi connectivity index (χ0v) is 12.1. The molecule has 0 atom stereocenters. The molecule has 1 aromatic heterocycles. The van der Waals surface area contributed by atoms with Crippen LogP contribution in [0, 0.1) is 19.7 Å². The minimum atomic E-state index is -4.00. The third kappa shape index (κ3) is 3.05. The van der Waals surface area contributed by atoms with E-state index in [1.54, 1.807) is 6.92 Å². The molecule has 0 aliphatic heterocycles. The van der Waals surface area contributed by atoms with Crippen molar-refractivity contribution >= 4 is 21.7 Å². The maximum absolute atomic E-state index is 13.0. The molecule has 0 aliphatic carbocycles. The molecule has 0 radical (unpaired) electrons. The van der Waals surface area contributed by atoms with Gasteiger partial charge < -0.3 is 10.1 Å². The van der Waals surface area contributed by atoms with E-state index in [9.17, 15) is 17.6 Å². The topological polar surface area (TPSA) is 99.3 Å². The number of aryl methyl sites for hydroxylation is 2. The van der Waals surface area contributed by atoms with E-state index in [0.29, 0.717) is 5.69 Å². The largest absolute Gasteiger partial charge is 0.477 e. The predicted octanol–water partition coefficient (Wildman–Crippen LogP) is 2.27. The van der Waals surface area contributed by atoms with Gasteiger partial charge in [0.05, 0.1) is 10.6 Å². The summed E-state index contributed by atoms with van der Waals surface area (Å²) in [6, 6.07) is 4.63. The Balaban J connectivity index is 2.45. The molecular formula is C13H13FN2O4S. The second-order valence-corrected chi connectivity index (χ2v) is 6.21. The lowest BCUT2D eigenvalue weighted by Crippen LogP contribution is -2.16. The summed E-state index contributed by atoms with van der Waals surface area (Å²) < 4.78 is 39.8. The van der Waals surface area contributed by atoms with Gasteiger partial charge in [-0.25, -0.2) is 17.6 Å². The van der Waals surface area contributed by atoms with Crippen LogP contribution in [0.4, 0.5) is 10.1 Å². The summed E-state index contributed by atoms with van der Waals surface area (Å²) in [4.78, 5) is 13.5. The first-order valence-electron chi connectivity index (χ1n) is 5.92. The number of hydrogen-bond acceptors (Lipinski definition) is 3. The number of carboxylic acid groups (broad SMARTS) is 1. The van der Waals surface area contributed by atoms with Crippen LogP contribution in [-0.4, -0.2) is 24.5 Å². The lowest BCUT2D eigenvalue weighted by Gasteiger charge is -2.10. The first-order valence-corrected chi connectivity index (χ1v) is 7.41. The molecule has 112 valence electrons. The Kier molecular flexibility index (Phi) is 3.73. The fraction of sp³-hybridized carbons (Fsp3) is 0.154. The summed E-state index contributed by atoms with van der Waals surface area (Å²) >= 11 is 0. The van der Waals surface area contributed by atoms with E-state index in [2.05, 4.69) is 9.71 Å². The van der Waals surface area contributed by atoms with Gasteiger partial charge in [0.1, 0.15) is 11.5 Å². The second kappa shape index (κ2) is 5.21. The molecule has 0 spiro atoms. The van der Waals surface area contributed by atoms with Crippen molar-refractivity contribution in [2.45, 2.75) is 18.7 Å². The molecule has 0 unspecified atom stereocenters. The minimum Gasteiger partial charge on any atom is -0.477 e. The monoisotopic (exact) mass is 312 g/mol. The van der Waals surface area contributed by atoms with Crippen molar-refractivity contribution in [3.8, 4) is 0 Å². The zero-order chi connectivity index (χ0) is 15.8. The van der Waals surface area contributed by atoms with Crippen LogP contribution >= 0.6 is 0 Å². The number of carbonyl (C=O) groups is 1. The fourth-order valence-electron chi connectivity index (χ4n) is 1.95. The van der Waals surface area contributed by atoms with Gasteiger partial charge in [0.25, 0.3) is 10.0 Å². The minimum absolute atomic E-state index is 0.0660. The summed E-state index contributed by atoms with van der Waals surface area (Å²) in [7, 11) is -4.00. The maximum Gasteiger partial charge on any atom is 0.354 e. The molecule has 2 aromatic rings. The summed E-state index contributed by atoms with van der Waals surface area (Å²) in [5.41, 5.74) is 0.409. The van der Waals surface area contributed by atoms with Crippen LogP contribution in [0.15, 0.2) is 29.2 Å². The standard InChI is InChI=1S/C13H13FN2O4S/c1-7-5-9(14)3-4-11(7)21(19,20)16-10-6-8(2)15-12(10)13(17)18/h3-6,15-16H,1-2H3,(H,17,18). The van der Waals surface area contributed by atoms with E-state index in [-0.39, 0.29) is 21.8 Å². The fourth-order valence-corrected chi connectivity index (χ4v) is 3.24. The molecule has 0 aliphatic rings. The van der Waals surface area contributed by atoms with Crippen molar-refractivity contribution < 1.29 is 22.7 Å². The predicted molar refractivity (Wildman–Crippen MR) is 74.4 cm³/mol. The molecule has 3 N–H and O–H groups in total. The maximum atomic E-state index is 13.0. The average Bonchev–Trinajstić information content (AvgIpc) is 2.68. The van der Waals surface area contributed by atoms with Crippen molar-refractivity contribution in [2.24, 2.45) is 0 Å². The number of nitrogens with one attached hydrogen (secondary N) is 2. The van der Waals surface area contributed by atoms with Gasteiger partial charge in [0, 0.05) is 5.69 Å². The Labute approximate surface area is 120 Å². The number of H-pyrrole nitrogens is 1. The van der Waals surface area contributed by atoms with Crippen LogP contribution < -0.4 is 4.72 Å². The summed E-state index contributed by atoms with van der Waals surface area (Å²) in [5, 5.41) is 9.02. The SMILES string of the molecule is Cc1cc(NS(=O)(=O)c2ccc(F)cc2C)c(C(=O)O)[nH]1. The van der Waals surface area contributed by atoms with Crippen molar-refractivity contribution in [2.75, 3.05) is 4.72 Å². The number of benzene rings is 1. The number of carboxylic acids is 1. The Morgan fingerprint density at radius 1 is 1.29 bits per heavy atom. The molecule has 0 saturated heterocycles. The summed E-state index contributed by atoms with van der Waals surface area (Å²) in [6.45, 7) is 3.06. The number of anilines is 1. The lowest BCUT2D eigenvalue weighted by molar-refractivity contribution is 0.0692. The second-order valence-electron chi connectivity index (χ2n) is 4.56. The first-order chi connectivity index (χ1) is 9.70. The number of hydrogen-bond donors (Lipinski definition) is 3. The molecule has 1 heterocycles. The normalized spacial score (nSPS) is 11.4. The average molecular weight is 312 g/mol. The van der Waals surface area contributed by atoms with Gasteiger partial charge in [-0.2, -0.15) is 0 Å². The molecule has 0 bridgehead atoms. The van der Waals surface area contributed by atoms with E-state index in [1.807, 2.05) is 0 Å². The highest BCUT2D eigenvalue weighted by Gasteiger charge is 2.22. The third-order valence-corrected chi connectivity index (χ3v) is 4.36. The number of aromatic nitrogens is 1. The Morgan fingerprint density at radius 3 is 2.52 bits per heavy atom. The van der Waals surface area contributed by atoms with Crippen molar-refractivity contribution in [3.05, 3.63) is 47.0 Å². The van der Waals surface area contributed by atoms with Crippen LogP contribution in [0.5, 0.6) is 0 Å². The van der Waals surface area contributed by atoms with Crippen LogP contribution in [0.2, 0.25) is 0 Å². The van der Waals surface area contributed by atoms with Crippen LogP contribution in [0.1, 0.15) is 21.7 Å². The van der Waals surface area contributed by atoms with Gasteiger partial charge in [-0.05, 0) is 43.7 Å². The summed E-state index contributed by atoms with van der Waals surface area (Å²) in [6.07, 6.45) is 0. The van der Waals surface area contributed by atoms with Crippen LogP contribution in [0.25, 0.3) is 0 Å². The van der Waals surface area contributed by atoms with E-state index >= 15 is 0 Å². The van der Waals surface area contributed by atoms with Gasteiger partial charge in [-0.15, -0.1) is 0 Å². The van der Waals surface area contributed by atoms with E-state index in [0.717, 1.165) is 18.2 Å². The lowest BCUT2D eigenvalue weighted by atomic mass is 10.2. The quantitative estimate of drug-likeness (QED) is 0.806. The van der Waals surface area contributed by atoms with Crippen LogP contribution in [-0.2, 0) is 10.0 Å². The van der Waals surface area contributed by atoms with E-state index in [4.69, 9.17) is 5.11 Å². The molecule has 2 rings (SSSR count). The molecule has 0 saturated carbocycles. The molecular weight excluding hydrogens is 299 g/mol. The Hall–Kier alpha value is -2.35. The van der Waals surface area contributed by atoms with Gasteiger partial charge >= 0.3 is 5.97 Å². The summed E-state index contributed by atoms with van der Waals surface area (Å²) in [5.74, 6) is -1.83. The molecule has 8 heteroatoms. The highest BCUT2D eigenvalue weighted by Crippen LogP contribution is 2.23. The van der Waals surface area contributed by atoms with Gasteiger partial charge in [0.15, 0.2) is 0 Å². The highest BCUT2D eigenvalue weighted by molar-refractivity contribution is 7.92. The van der Waals surface area contributed by atoms with E-state index < -0.39 is 21.8 Å². The van der Waals surface area contributed by atoms with Crippen molar-refractivity contribution in [1.82, 2.24) is 4.98 Å². The molecule has 0 fully saturated rings. The van der Waals surface area contributed by atoms with Crippen molar-refractivity contribution in [1.29, 1.82) is 0 Å². The van der Waals surface area contributed by atoms with Gasteiger partial charge in [0.2, 0.25) is 0 Å². The highest BCUT2D eigenvalue weighted by atomic mass is 32.2. The Bertz CT molecular complexity index is 812. The van der Waals surface area contributed by atoms with Crippen LogP contribution in [0.3, 0.4) is 0 Å². The smallest absolute Gasteiger partial charge is 0.354 e. The molecule has 1 aromatic carbocycles. The third-order valence-electron chi connectivity index (χ3n) is 2.84. The number of sulfonamides is 1. The number of aromatic carboxylic acids is 1. The van der Waals surface area contributed by atoms with Crippen molar-refractivity contribution in [3.63, 3.8) is 0 Å². The van der Waals surface area contributed by atoms with Gasteiger partial charge in [-0.3, -0.25) is 4.72 Å². The first kappa shape index (κ1) is 15.0.